The molecule has 0 saturated heterocycles. The van der Waals surface area contributed by atoms with Crippen molar-refractivity contribution in [1.29, 1.82) is 0 Å². The fourth-order valence-electron chi connectivity index (χ4n) is 2.45. The predicted molar refractivity (Wildman–Crippen MR) is 86.7 cm³/mol. The molecule has 0 aliphatic rings. The van der Waals surface area contributed by atoms with Crippen LogP contribution in [0.1, 0.15) is 0 Å². The maximum absolute atomic E-state index is 4.64. The standard InChI is InChI=1S/C17H11BrN2/c18-14-8-7-11-9-13(6-5-12(11)10-14)17-19-15-3-1-2-4-16(15)20-17/h1-10H,(H,19,20). The molecule has 0 unspecified atom stereocenters. The van der Waals surface area contributed by atoms with Crippen LogP contribution in [0.15, 0.2) is 65.1 Å². The molecule has 3 heteroatoms. The highest BCUT2D eigenvalue weighted by Crippen LogP contribution is 2.26. The van der Waals surface area contributed by atoms with Crippen molar-refractivity contribution >= 4 is 37.7 Å². The Hall–Kier alpha value is -2.13. The summed E-state index contributed by atoms with van der Waals surface area (Å²) < 4.78 is 1.10. The van der Waals surface area contributed by atoms with Gasteiger partial charge in [0.15, 0.2) is 0 Å². The lowest BCUT2D eigenvalue weighted by atomic mass is 10.1. The Labute approximate surface area is 124 Å². The van der Waals surface area contributed by atoms with Crippen molar-refractivity contribution in [3.05, 3.63) is 65.1 Å². The van der Waals surface area contributed by atoms with Crippen LogP contribution in [0.25, 0.3) is 33.2 Å². The molecule has 2 nitrogen and oxygen atoms in total. The minimum atomic E-state index is 0.913. The Kier molecular flexibility index (Phi) is 2.60. The van der Waals surface area contributed by atoms with E-state index < -0.39 is 0 Å². The number of halogens is 1. The zero-order valence-electron chi connectivity index (χ0n) is 10.6. The quantitative estimate of drug-likeness (QED) is 0.516. The van der Waals surface area contributed by atoms with Gasteiger partial charge in [0.1, 0.15) is 5.82 Å². The van der Waals surface area contributed by atoms with Crippen molar-refractivity contribution in [1.82, 2.24) is 9.97 Å². The smallest absolute Gasteiger partial charge is 0.138 e. The van der Waals surface area contributed by atoms with Gasteiger partial charge in [0, 0.05) is 10.0 Å². The first-order chi connectivity index (χ1) is 9.79. The second kappa shape index (κ2) is 4.46. The molecule has 3 aromatic carbocycles. The van der Waals surface area contributed by atoms with Crippen molar-refractivity contribution in [2.75, 3.05) is 0 Å². The van der Waals surface area contributed by atoms with E-state index in [0.717, 1.165) is 26.9 Å². The molecule has 4 aromatic rings. The van der Waals surface area contributed by atoms with Gasteiger partial charge in [0.25, 0.3) is 0 Å². The summed E-state index contributed by atoms with van der Waals surface area (Å²) in [6, 6.07) is 20.8. The summed E-state index contributed by atoms with van der Waals surface area (Å²) in [4.78, 5) is 8.01. The van der Waals surface area contributed by atoms with Crippen molar-refractivity contribution in [2.45, 2.75) is 0 Å². The molecular weight excluding hydrogens is 312 g/mol. The summed E-state index contributed by atoms with van der Waals surface area (Å²) in [5.74, 6) is 0.913. The monoisotopic (exact) mass is 322 g/mol. The number of hydrogen-bond acceptors (Lipinski definition) is 1. The Morgan fingerprint density at radius 2 is 1.65 bits per heavy atom. The molecule has 20 heavy (non-hydrogen) atoms. The predicted octanol–water partition coefficient (Wildman–Crippen LogP) is 5.15. The fourth-order valence-corrected chi connectivity index (χ4v) is 2.83. The van der Waals surface area contributed by atoms with Gasteiger partial charge in [-0.15, -0.1) is 0 Å². The highest BCUT2D eigenvalue weighted by atomic mass is 79.9. The first kappa shape index (κ1) is 11.7. The van der Waals surface area contributed by atoms with E-state index in [1.54, 1.807) is 0 Å². The van der Waals surface area contributed by atoms with Crippen molar-refractivity contribution in [2.24, 2.45) is 0 Å². The van der Waals surface area contributed by atoms with E-state index in [4.69, 9.17) is 0 Å². The summed E-state index contributed by atoms with van der Waals surface area (Å²) in [7, 11) is 0. The number of aromatic nitrogens is 2. The Morgan fingerprint density at radius 1 is 0.850 bits per heavy atom. The van der Waals surface area contributed by atoms with Gasteiger partial charge >= 0.3 is 0 Å². The van der Waals surface area contributed by atoms with Gasteiger partial charge in [-0.3, -0.25) is 0 Å². The fraction of sp³-hybridized carbons (Fsp3) is 0. The van der Waals surface area contributed by atoms with E-state index in [-0.39, 0.29) is 0 Å². The molecule has 0 radical (unpaired) electrons. The van der Waals surface area contributed by atoms with E-state index in [1.165, 1.54) is 10.8 Å². The molecule has 0 saturated carbocycles. The number of fused-ring (bicyclic) bond motifs is 2. The molecule has 0 atom stereocenters. The number of aromatic amines is 1. The van der Waals surface area contributed by atoms with Crippen LogP contribution in [0.4, 0.5) is 0 Å². The number of hydrogen-bond donors (Lipinski definition) is 1. The van der Waals surface area contributed by atoms with Gasteiger partial charge < -0.3 is 4.98 Å². The van der Waals surface area contributed by atoms with Gasteiger partial charge in [-0.25, -0.2) is 4.98 Å². The van der Waals surface area contributed by atoms with Gasteiger partial charge in [-0.2, -0.15) is 0 Å². The number of imidazole rings is 1. The summed E-state index contributed by atoms with van der Waals surface area (Å²) in [5, 5.41) is 2.44. The summed E-state index contributed by atoms with van der Waals surface area (Å²) in [6.45, 7) is 0. The summed E-state index contributed by atoms with van der Waals surface area (Å²) in [6.07, 6.45) is 0. The van der Waals surface area contributed by atoms with E-state index >= 15 is 0 Å². The third kappa shape index (κ3) is 1.91. The average molecular weight is 323 g/mol. The van der Waals surface area contributed by atoms with Crippen molar-refractivity contribution in [3.8, 4) is 11.4 Å². The Bertz CT molecular complexity index is 891. The molecule has 1 heterocycles. The highest BCUT2D eigenvalue weighted by molar-refractivity contribution is 9.10. The number of rotatable bonds is 1. The Balaban J connectivity index is 1.90. The molecule has 0 spiro atoms. The molecule has 0 amide bonds. The van der Waals surface area contributed by atoms with E-state index in [1.807, 2.05) is 24.3 Å². The molecule has 1 N–H and O–H groups in total. The summed E-state index contributed by atoms with van der Waals surface area (Å²) in [5.41, 5.74) is 3.17. The van der Waals surface area contributed by atoms with Gasteiger partial charge in [0.05, 0.1) is 11.0 Å². The molecule has 0 aliphatic heterocycles. The van der Waals surface area contributed by atoms with Crippen LogP contribution in [-0.2, 0) is 0 Å². The van der Waals surface area contributed by atoms with Crippen LogP contribution in [-0.4, -0.2) is 9.97 Å². The zero-order chi connectivity index (χ0) is 13.5. The molecular formula is C17H11BrN2. The van der Waals surface area contributed by atoms with E-state index in [2.05, 4.69) is 62.3 Å². The number of nitrogens with one attached hydrogen (secondary N) is 1. The summed E-state index contributed by atoms with van der Waals surface area (Å²) >= 11 is 3.50. The average Bonchev–Trinajstić information content (AvgIpc) is 2.90. The molecule has 0 bridgehead atoms. The Morgan fingerprint density at radius 3 is 2.55 bits per heavy atom. The number of benzene rings is 3. The van der Waals surface area contributed by atoms with Crippen LogP contribution in [0.3, 0.4) is 0 Å². The SMILES string of the molecule is Brc1ccc2cc(-c3nc4ccccc4[nH]3)ccc2c1. The molecule has 0 fully saturated rings. The second-order valence-corrected chi connectivity index (χ2v) is 5.72. The van der Waals surface area contributed by atoms with Crippen LogP contribution in [0, 0.1) is 0 Å². The minimum absolute atomic E-state index is 0.913. The van der Waals surface area contributed by atoms with Crippen LogP contribution in [0.2, 0.25) is 0 Å². The van der Waals surface area contributed by atoms with Crippen LogP contribution in [0.5, 0.6) is 0 Å². The lowest BCUT2D eigenvalue weighted by Crippen LogP contribution is -1.81. The molecule has 0 aliphatic carbocycles. The first-order valence-electron chi connectivity index (χ1n) is 6.44. The zero-order valence-corrected chi connectivity index (χ0v) is 12.2. The van der Waals surface area contributed by atoms with E-state index in [9.17, 15) is 0 Å². The van der Waals surface area contributed by atoms with Crippen LogP contribution >= 0.6 is 15.9 Å². The van der Waals surface area contributed by atoms with Gasteiger partial charge in [0.2, 0.25) is 0 Å². The topological polar surface area (TPSA) is 28.7 Å². The maximum atomic E-state index is 4.64. The minimum Gasteiger partial charge on any atom is -0.338 e. The normalized spacial score (nSPS) is 11.2. The largest absolute Gasteiger partial charge is 0.338 e. The van der Waals surface area contributed by atoms with Crippen molar-refractivity contribution < 1.29 is 0 Å². The maximum Gasteiger partial charge on any atom is 0.138 e. The van der Waals surface area contributed by atoms with Gasteiger partial charge in [-0.1, -0.05) is 46.3 Å². The molecule has 96 valence electrons. The third-order valence-corrected chi connectivity index (χ3v) is 3.96. The first-order valence-corrected chi connectivity index (χ1v) is 7.23. The molecule has 1 aromatic heterocycles. The highest BCUT2D eigenvalue weighted by Gasteiger charge is 2.05. The number of para-hydroxylation sites is 2. The number of H-pyrrole nitrogens is 1. The van der Waals surface area contributed by atoms with Crippen LogP contribution < -0.4 is 0 Å². The van der Waals surface area contributed by atoms with E-state index in [0.29, 0.717) is 0 Å². The third-order valence-electron chi connectivity index (χ3n) is 3.47. The van der Waals surface area contributed by atoms with Gasteiger partial charge in [-0.05, 0) is 41.1 Å². The lowest BCUT2D eigenvalue weighted by molar-refractivity contribution is 1.34. The second-order valence-electron chi connectivity index (χ2n) is 4.81. The van der Waals surface area contributed by atoms with Crippen molar-refractivity contribution in [3.63, 3.8) is 0 Å². The number of nitrogens with zero attached hydrogens (tertiary/aromatic N) is 1. The lowest BCUT2D eigenvalue weighted by Gasteiger charge is -2.01. The molecule has 4 rings (SSSR count).